The van der Waals surface area contributed by atoms with Gasteiger partial charge in [-0.25, -0.2) is 8.42 Å². The number of amides is 2. The first kappa shape index (κ1) is 30.4. The van der Waals surface area contributed by atoms with Crippen molar-refractivity contribution < 1.29 is 18.0 Å². The smallest absolute Gasteiger partial charge is 0.264 e. The van der Waals surface area contributed by atoms with Crippen LogP contribution >= 0.6 is 15.9 Å². The molecule has 2 atom stereocenters. The van der Waals surface area contributed by atoms with Gasteiger partial charge in [0, 0.05) is 17.1 Å². The summed E-state index contributed by atoms with van der Waals surface area (Å²) >= 11 is 3.42. The molecular weight excluding hydrogens is 578 g/mol. The number of nitrogens with one attached hydrogen (secondary N) is 1. The second-order valence-electron chi connectivity index (χ2n) is 9.80. The first-order valence-electron chi connectivity index (χ1n) is 12.9. The Morgan fingerprint density at radius 1 is 0.872 bits per heavy atom. The summed E-state index contributed by atoms with van der Waals surface area (Å²) in [5, 5.41) is 2.94. The number of anilines is 1. The Labute approximate surface area is 240 Å². The van der Waals surface area contributed by atoms with Crippen molar-refractivity contribution in [1.82, 2.24) is 10.2 Å². The number of halogens is 1. The zero-order valence-electron chi connectivity index (χ0n) is 23.0. The molecule has 2 amide bonds. The van der Waals surface area contributed by atoms with Crippen LogP contribution in [-0.4, -0.2) is 43.8 Å². The molecule has 0 spiro atoms. The molecule has 39 heavy (non-hydrogen) atoms. The van der Waals surface area contributed by atoms with Gasteiger partial charge in [0.05, 0.1) is 10.6 Å². The number of benzene rings is 3. The van der Waals surface area contributed by atoms with E-state index in [2.05, 4.69) is 21.2 Å². The van der Waals surface area contributed by atoms with Crippen molar-refractivity contribution in [2.24, 2.45) is 0 Å². The maximum Gasteiger partial charge on any atom is 0.264 e. The van der Waals surface area contributed by atoms with Crippen LogP contribution in [0.1, 0.15) is 43.9 Å². The van der Waals surface area contributed by atoms with Crippen molar-refractivity contribution in [1.29, 1.82) is 0 Å². The SMILES string of the molecule is CC[C@@H](C)NC(=O)[C@H](C)N(Cc1ccc(Br)cc1)C(=O)CN(c1ccc(C)cc1)S(=O)(=O)c1ccc(C)cc1. The van der Waals surface area contributed by atoms with Crippen molar-refractivity contribution in [3.05, 3.63) is 94.0 Å². The molecule has 0 saturated carbocycles. The summed E-state index contributed by atoms with van der Waals surface area (Å²) in [6, 6.07) is 20.1. The Morgan fingerprint density at radius 3 is 1.95 bits per heavy atom. The van der Waals surface area contributed by atoms with Crippen molar-refractivity contribution in [2.75, 3.05) is 10.8 Å². The summed E-state index contributed by atoms with van der Waals surface area (Å²) in [5.41, 5.74) is 3.08. The van der Waals surface area contributed by atoms with E-state index in [-0.39, 0.29) is 23.4 Å². The summed E-state index contributed by atoms with van der Waals surface area (Å²) in [6.07, 6.45) is 0.745. The first-order valence-corrected chi connectivity index (χ1v) is 15.2. The predicted molar refractivity (Wildman–Crippen MR) is 159 cm³/mol. The maximum absolute atomic E-state index is 13.9. The lowest BCUT2D eigenvalue weighted by Crippen LogP contribution is -2.52. The van der Waals surface area contributed by atoms with Crippen molar-refractivity contribution in [3.8, 4) is 0 Å². The summed E-state index contributed by atoms with van der Waals surface area (Å²) in [5.74, 6) is -0.779. The minimum Gasteiger partial charge on any atom is -0.352 e. The van der Waals surface area contributed by atoms with Crippen LogP contribution in [0.3, 0.4) is 0 Å². The molecule has 208 valence electrons. The molecule has 3 rings (SSSR count). The van der Waals surface area contributed by atoms with E-state index in [1.54, 1.807) is 43.3 Å². The predicted octanol–water partition coefficient (Wildman–Crippen LogP) is 5.59. The number of sulfonamides is 1. The van der Waals surface area contributed by atoms with Crippen molar-refractivity contribution in [2.45, 2.75) is 64.6 Å². The molecular formula is C30H36BrN3O4S. The molecule has 7 nitrogen and oxygen atoms in total. The average molecular weight is 615 g/mol. The second kappa shape index (κ2) is 13.3. The van der Waals surface area contributed by atoms with E-state index in [1.807, 2.05) is 52.0 Å². The van der Waals surface area contributed by atoms with E-state index in [0.717, 1.165) is 31.9 Å². The van der Waals surface area contributed by atoms with Gasteiger partial charge in [-0.2, -0.15) is 0 Å². The van der Waals surface area contributed by atoms with Gasteiger partial charge in [-0.05, 0) is 76.1 Å². The molecule has 0 saturated heterocycles. The molecule has 1 N–H and O–H groups in total. The monoisotopic (exact) mass is 613 g/mol. The number of aryl methyl sites for hydroxylation is 2. The molecule has 9 heteroatoms. The normalized spacial score (nSPS) is 12.9. The highest BCUT2D eigenvalue weighted by atomic mass is 79.9. The van der Waals surface area contributed by atoms with E-state index in [9.17, 15) is 18.0 Å². The van der Waals surface area contributed by atoms with Gasteiger partial charge in [-0.3, -0.25) is 13.9 Å². The van der Waals surface area contributed by atoms with Gasteiger partial charge >= 0.3 is 0 Å². The molecule has 0 heterocycles. The number of hydrogen-bond donors (Lipinski definition) is 1. The lowest BCUT2D eigenvalue weighted by Gasteiger charge is -2.32. The lowest BCUT2D eigenvalue weighted by molar-refractivity contribution is -0.139. The Balaban J connectivity index is 2.01. The second-order valence-corrected chi connectivity index (χ2v) is 12.6. The molecule has 0 aliphatic rings. The minimum atomic E-state index is -4.08. The number of nitrogens with zero attached hydrogens (tertiary/aromatic N) is 2. The highest BCUT2D eigenvalue weighted by Gasteiger charge is 2.32. The Hall–Kier alpha value is -3.17. The van der Waals surface area contributed by atoms with Crippen LogP contribution in [0.4, 0.5) is 5.69 Å². The third kappa shape index (κ3) is 7.92. The standard InChI is InChI=1S/C30H36BrN3O4S/c1-6-23(4)32-30(36)24(5)33(19-25-11-13-26(31)14-12-25)29(35)20-34(27-15-7-21(2)8-16-27)39(37,38)28-17-9-22(3)10-18-28/h7-18,23-24H,6,19-20H2,1-5H3,(H,32,36)/t23-,24+/m1/s1. The van der Waals surface area contributed by atoms with Gasteiger partial charge in [-0.1, -0.05) is 70.4 Å². The fraction of sp³-hybridized carbons (Fsp3) is 0.333. The summed E-state index contributed by atoms with van der Waals surface area (Å²) in [7, 11) is -4.08. The van der Waals surface area contributed by atoms with Gasteiger partial charge < -0.3 is 10.2 Å². The fourth-order valence-corrected chi connectivity index (χ4v) is 5.59. The maximum atomic E-state index is 13.9. The lowest BCUT2D eigenvalue weighted by atomic mass is 10.1. The highest BCUT2D eigenvalue weighted by Crippen LogP contribution is 2.25. The Bertz CT molecular complexity index is 1380. The van der Waals surface area contributed by atoms with Crippen LogP contribution in [0.2, 0.25) is 0 Å². The highest BCUT2D eigenvalue weighted by molar-refractivity contribution is 9.10. The van der Waals surface area contributed by atoms with Gasteiger partial charge in [0.25, 0.3) is 10.0 Å². The van der Waals surface area contributed by atoms with Crippen LogP contribution in [0, 0.1) is 13.8 Å². The van der Waals surface area contributed by atoms with Crippen molar-refractivity contribution >= 4 is 43.5 Å². The van der Waals surface area contributed by atoms with Gasteiger partial charge in [0.15, 0.2) is 0 Å². The zero-order valence-corrected chi connectivity index (χ0v) is 25.4. The average Bonchev–Trinajstić information content (AvgIpc) is 2.91. The Morgan fingerprint density at radius 2 is 1.41 bits per heavy atom. The van der Waals surface area contributed by atoms with Crippen LogP contribution in [-0.2, 0) is 26.2 Å². The third-order valence-corrected chi connectivity index (χ3v) is 8.96. The van der Waals surface area contributed by atoms with E-state index < -0.39 is 28.5 Å². The summed E-state index contributed by atoms with van der Waals surface area (Å²) < 4.78 is 29.7. The Kier molecular flexibility index (Phi) is 10.3. The number of hydrogen-bond acceptors (Lipinski definition) is 4. The zero-order chi connectivity index (χ0) is 28.7. The van der Waals surface area contributed by atoms with Crippen LogP contribution in [0.5, 0.6) is 0 Å². The van der Waals surface area contributed by atoms with Gasteiger partial charge in [-0.15, -0.1) is 0 Å². The minimum absolute atomic E-state index is 0.0597. The molecule has 0 radical (unpaired) electrons. The van der Waals surface area contributed by atoms with Crippen LogP contribution in [0.25, 0.3) is 0 Å². The summed E-state index contributed by atoms with van der Waals surface area (Å²) in [6.45, 7) is 9.01. The largest absolute Gasteiger partial charge is 0.352 e. The molecule has 0 unspecified atom stereocenters. The first-order chi connectivity index (χ1) is 18.4. The van der Waals surface area contributed by atoms with Gasteiger partial charge in [0.1, 0.15) is 12.6 Å². The number of rotatable bonds is 11. The van der Waals surface area contributed by atoms with E-state index >= 15 is 0 Å². The fourth-order valence-electron chi connectivity index (χ4n) is 3.91. The summed E-state index contributed by atoms with van der Waals surface area (Å²) in [4.78, 5) is 28.6. The molecule has 0 aliphatic heterocycles. The van der Waals surface area contributed by atoms with Crippen LogP contribution in [0.15, 0.2) is 82.2 Å². The van der Waals surface area contributed by atoms with Crippen LogP contribution < -0.4 is 9.62 Å². The topological polar surface area (TPSA) is 86.8 Å². The molecule has 0 aromatic heterocycles. The van der Waals surface area contributed by atoms with E-state index in [4.69, 9.17) is 0 Å². The number of carbonyl (C=O) groups excluding carboxylic acids is 2. The molecule has 0 bridgehead atoms. The third-order valence-electron chi connectivity index (χ3n) is 6.64. The number of carbonyl (C=O) groups is 2. The molecule has 0 aliphatic carbocycles. The van der Waals surface area contributed by atoms with Gasteiger partial charge in [0.2, 0.25) is 11.8 Å². The van der Waals surface area contributed by atoms with Crippen molar-refractivity contribution in [3.63, 3.8) is 0 Å². The van der Waals surface area contributed by atoms with E-state index in [0.29, 0.717) is 5.69 Å². The quantitative estimate of drug-likeness (QED) is 0.305. The molecule has 3 aromatic rings. The molecule has 3 aromatic carbocycles. The molecule has 0 fully saturated rings. The van der Waals surface area contributed by atoms with E-state index in [1.165, 1.54) is 17.0 Å².